The number of benzene rings is 1. The highest BCUT2D eigenvalue weighted by Gasteiger charge is 1.98. The molecule has 0 unspecified atom stereocenters. The molecule has 2 nitrogen and oxygen atoms in total. The number of phenolic OH excluding ortho intramolecular Hbond substituents is 1. The van der Waals surface area contributed by atoms with E-state index < -0.39 is 0 Å². The van der Waals surface area contributed by atoms with Crippen LogP contribution >= 0.6 is 0 Å². The Morgan fingerprint density at radius 1 is 1.18 bits per heavy atom. The van der Waals surface area contributed by atoms with Gasteiger partial charge in [0.1, 0.15) is 5.75 Å². The van der Waals surface area contributed by atoms with E-state index in [1.807, 2.05) is 35.4 Å². The lowest BCUT2D eigenvalue weighted by Crippen LogP contribution is -2.11. The van der Waals surface area contributed by atoms with Gasteiger partial charge in [-0.25, -0.2) is 0 Å². The molecule has 1 aliphatic rings. The zero-order valence-corrected chi connectivity index (χ0v) is 9.58. The van der Waals surface area contributed by atoms with Crippen LogP contribution in [0.4, 0.5) is 0 Å². The summed E-state index contributed by atoms with van der Waals surface area (Å²) in [5.74, 6) is 0.292. The second-order valence-corrected chi connectivity index (χ2v) is 3.82. The predicted molar refractivity (Wildman–Crippen MR) is 71.3 cm³/mol. The zero-order valence-electron chi connectivity index (χ0n) is 9.58. The first kappa shape index (κ1) is 11.3. The van der Waals surface area contributed by atoms with Gasteiger partial charge in [0, 0.05) is 12.7 Å². The topological polar surface area (TPSA) is 23.5 Å². The third-order valence-electron chi connectivity index (χ3n) is 2.59. The molecule has 0 amide bonds. The molecule has 2 rings (SSSR count). The van der Waals surface area contributed by atoms with Crippen molar-refractivity contribution in [2.75, 3.05) is 6.54 Å². The van der Waals surface area contributed by atoms with Gasteiger partial charge in [-0.05, 0) is 35.5 Å². The minimum atomic E-state index is 0.292. The molecule has 1 N–H and O–H groups in total. The summed E-state index contributed by atoms with van der Waals surface area (Å²) in [6, 6.07) is 7.14. The van der Waals surface area contributed by atoms with Gasteiger partial charge in [-0.15, -0.1) is 0 Å². The second kappa shape index (κ2) is 5.21. The van der Waals surface area contributed by atoms with Crippen molar-refractivity contribution < 1.29 is 5.11 Å². The van der Waals surface area contributed by atoms with Crippen molar-refractivity contribution in [3.8, 4) is 5.75 Å². The maximum atomic E-state index is 9.17. The summed E-state index contributed by atoms with van der Waals surface area (Å²) in [4.78, 5) is 2.01. The maximum absolute atomic E-state index is 9.17. The van der Waals surface area contributed by atoms with Gasteiger partial charge >= 0.3 is 0 Å². The van der Waals surface area contributed by atoms with Crippen LogP contribution in [0, 0.1) is 0 Å². The van der Waals surface area contributed by atoms with Crippen molar-refractivity contribution in [2.24, 2.45) is 0 Å². The maximum Gasteiger partial charge on any atom is 0.115 e. The Bertz CT molecular complexity index is 480. The SMILES string of the molecule is C=CN1C=CC(C=Cc2ccc(O)cc2)=CC1. The van der Waals surface area contributed by atoms with Gasteiger partial charge in [-0.1, -0.05) is 36.9 Å². The molecule has 0 aromatic heterocycles. The highest BCUT2D eigenvalue weighted by molar-refractivity contribution is 5.55. The molecule has 0 atom stereocenters. The monoisotopic (exact) mass is 225 g/mol. The molecule has 0 spiro atoms. The van der Waals surface area contributed by atoms with E-state index in [1.54, 1.807) is 18.3 Å². The van der Waals surface area contributed by atoms with E-state index >= 15 is 0 Å². The Balaban J connectivity index is 2.02. The van der Waals surface area contributed by atoms with E-state index in [0.717, 1.165) is 12.1 Å². The van der Waals surface area contributed by atoms with Gasteiger partial charge in [-0.2, -0.15) is 0 Å². The fourth-order valence-electron chi connectivity index (χ4n) is 1.56. The van der Waals surface area contributed by atoms with E-state index in [4.69, 9.17) is 5.11 Å². The van der Waals surface area contributed by atoms with E-state index in [-0.39, 0.29) is 0 Å². The molecule has 0 saturated heterocycles. The Hall–Kier alpha value is -2.22. The fraction of sp³-hybridized carbons (Fsp3) is 0.0667. The first-order valence-corrected chi connectivity index (χ1v) is 5.52. The highest BCUT2D eigenvalue weighted by atomic mass is 16.3. The van der Waals surface area contributed by atoms with Crippen LogP contribution in [0.3, 0.4) is 0 Å². The van der Waals surface area contributed by atoms with Gasteiger partial charge < -0.3 is 10.0 Å². The highest BCUT2D eigenvalue weighted by Crippen LogP contribution is 2.13. The fourth-order valence-corrected chi connectivity index (χ4v) is 1.56. The van der Waals surface area contributed by atoms with Crippen LogP contribution in [-0.2, 0) is 0 Å². The molecule has 17 heavy (non-hydrogen) atoms. The summed E-state index contributed by atoms with van der Waals surface area (Å²) >= 11 is 0. The van der Waals surface area contributed by atoms with Crippen LogP contribution in [0.1, 0.15) is 5.56 Å². The number of nitrogens with zero attached hydrogens (tertiary/aromatic N) is 1. The van der Waals surface area contributed by atoms with Crippen LogP contribution in [0.2, 0.25) is 0 Å². The van der Waals surface area contributed by atoms with Crippen LogP contribution in [0.25, 0.3) is 6.08 Å². The average Bonchev–Trinajstić information content (AvgIpc) is 2.39. The molecule has 1 heterocycles. The van der Waals surface area contributed by atoms with Crippen molar-refractivity contribution in [1.29, 1.82) is 0 Å². The summed E-state index contributed by atoms with van der Waals surface area (Å²) in [5, 5.41) is 9.17. The summed E-state index contributed by atoms with van der Waals surface area (Å²) in [7, 11) is 0. The lowest BCUT2D eigenvalue weighted by Gasteiger charge is -2.16. The molecule has 0 saturated carbocycles. The molecule has 1 aromatic rings. The molecule has 0 bridgehead atoms. The molecular formula is C15H15NO. The second-order valence-electron chi connectivity index (χ2n) is 3.82. The van der Waals surface area contributed by atoms with Gasteiger partial charge in [0.2, 0.25) is 0 Å². The summed E-state index contributed by atoms with van der Waals surface area (Å²) < 4.78 is 0. The van der Waals surface area contributed by atoms with Crippen molar-refractivity contribution in [3.63, 3.8) is 0 Å². The quantitative estimate of drug-likeness (QED) is 0.853. The first-order chi connectivity index (χ1) is 8.28. The van der Waals surface area contributed by atoms with E-state index in [0.29, 0.717) is 5.75 Å². The van der Waals surface area contributed by atoms with E-state index in [1.165, 1.54) is 5.57 Å². The summed E-state index contributed by atoms with van der Waals surface area (Å²) in [5.41, 5.74) is 2.25. The van der Waals surface area contributed by atoms with Gasteiger partial charge in [0.15, 0.2) is 0 Å². The molecule has 0 aliphatic carbocycles. The molecule has 0 fully saturated rings. The van der Waals surface area contributed by atoms with Gasteiger partial charge in [0.25, 0.3) is 0 Å². The first-order valence-electron chi connectivity index (χ1n) is 5.52. The summed E-state index contributed by atoms with van der Waals surface area (Å²) in [6.07, 6.45) is 12.1. The van der Waals surface area contributed by atoms with Crippen LogP contribution in [0.15, 0.2) is 67.0 Å². The smallest absolute Gasteiger partial charge is 0.115 e. The molecule has 1 aromatic carbocycles. The Kier molecular flexibility index (Phi) is 3.46. The Labute approximate surface area is 102 Å². The van der Waals surface area contributed by atoms with Gasteiger partial charge in [0.05, 0.1) is 0 Å². The number of rotatable bonds is 3. The lowest BCUT2D eigenvalue weighted by molar-refractivity contribution is 0.475. The number of phenols is 1. The Morgan fingerprint density at radius 3 is 2.53 bits per heavy atom. The molecule has 2 heteroatoms. The molecule has 0 radical (unpaired) electrons. The molecular weight excluding hydrogens is 210 g/mol. The molecule has 86 valence electrons. The standard InChI is InChI=1S/C15H15NO/c1-2-16-11-9-14(10-12-16)4-3-13-5-7-15(17)8-6-13/h2-11,17H,1,12H2. The third-order valence-corrected chi connectivity index (χ3v) is 2.59. The van der Waals surface area contributed by atoms with Crippen molar-refractivity contribution in [1.82, 2.24) is 4.90 Å². The number of aromatic hydroxyl groups is 1. The van der Waals surface area contributed by atoms with Crippen LogP contribution in [-0.4, -0.2) is 16.6 Å². The minimum absolute atomic E-state index is 0.292. The minimum Gasteiger partial charge on any atom is -0.508 e. The average molecular weight is 225 g/mol. The predicted octanol–water partition coefficient (Wildman–Crippen LogP) is 3.30. The Morgan fingerprint density at radius 2 is 1.94 bits per heavy atom. The van der Waals surface area contributed by atoms with Crippen LogP contribution < -0.4 is 0 Å². The van der Waals surface area contributed by atoms with Crippen molar-refractivity contribution in [3.05, 3.63) is 72.6 Å². The normalized spacial score (nSPS) is 15.1. The zero-order chi connectivity index (χ0) is 12.1. The summed E-state index contributed by atoms with van der Waals surface area (Å²) in [6.45, 7) is 4.57. The van der Waals surface area contributed by atoms with Crippen LogP contribution in [0.5, 0.6) is 5.75 Å². The number of hydrogen-bond donors (Lipinski definition) is 1. The molecule has 1 aliphatic heterocycles. The van der Waals surface area contributed by atoms with Crippen molar-refractivity contribution >= 4 is 6.08 Å². The van der Waals surface area contributed by atoms with E-state index in [2.05, 4.69) is 18.7 Å². The number of allylic oxidation sites excluding steroid dienone is 3. The lowest BCUT2D eigenvalue weighted by atomic mass is 10.1. The third kappa shape index (κ3) is 3.11. The largest absolute Gasteiger partial charge is 0.508 e. The van der Waals surface area contributed by atoms with Gasteiger partial charge in [-0.3, -0.25) is 0 Å². The van der Waals surface area contributed by atoms with E-state index in [9.17, 15) is 0 Å². The van der Waals surface area contributed by atoms with Crippen molar-refractivity contribution in [2.45, 2.75) is 0 Å². The number of hydrogen-bond acceptors (Lipinski definition) is 2.